The van der Waals surface area contributed by atoms with E-state index in [1.54, 1.807) is 6.20 Å². The topological polar surface area (TPSA) is 77.8 Å². The summed E-state index contributed by atoms with van der Waals surface area (Å²) in [5.41, 5.74) is 1.33. The molecule has 0 aromatic carbocycles. The average Bonchev–Trinajstić information content (AvgIpc) is 3.23. The van der Waals surface area contributed by atoms with Crippen LogP contribution in [0.15, 0.2) is 18.3 Å². The maximum Gasteiger partial charge on any atom is 0.223 e. The molecule has 1 aliphatic rings. The van der Waals surface area contributed by atoms with Gasteiger partial charge in [0.25, 0.3) is 0 Å². The van der Waals surface area contributed by atoms with Gasteiger partial charge < -0.3 is 10.6 Å². The number of nitrogens with one attached hydrogen (secondary N) is 2. The normalized spacial score (nSPS) is 13.9. The number of aromatic nitrogens is 1. The first-order chi connectivity index (χ1) is 8.81. The van der Waals surface area contributed by atoms with E-state index in [1.165, 1.54) is 0 Å². The molecule has 0 saturated heterocycles. The largest absolute Gasteiger partial charge is 0.355 e. The molecule has 5 heteroatoms. The number of nitrogens with zero attached hydrogens (tertiary/aromatic N) is 2. The summed E-state index contributed by atoms with van der Waals surface area (Å²) in [5.74, 6) is 0.421. The zero-order valence-electron chi connectivity index (χ0n) is 10.1. The van der Waals surface area contributed by atoms with Crippen molar-refractivity contribution in [1.82, 2.24) is 15.6 Å². The maximum atomic E-state index is 11.3. The van der Waals surface area contributed by atoms with Gasteiger partial charge in [-0.3, -0.25) is 4.79 Å². The minimum atomic E-state index is 0.163. The standard InChI is InChI=1S/C13H16N4O/c14-8-12-11(2-1-5-16-12)9-15-6-7-17-13(18)10-3-4-10/h1-2,5,10,15H,3-4,6-7,9H2,(H,17,18). The summed E-state index contributed by atoms with van der Waals surface area (Å²) in [6.45, 7) is 1.91. The maximum absolute atomic E-state index is 11.3. The van der Waals surface area contributed by atoms with Gasteiger partial charge in [0.15, 0.2) is 0 Å². The summed E-state index contributed by atoms with van der Waals surface area (Å²) >= 11 is 0. The van der Waals surface area contributed by atoms with Crippen LogP contribution in [0.5, 0.6) is 0 Å². The summed E-state index contributed by atoms with van der Waals surface area (Å²) in [7, 11) is 0. The van der Waals surface area contributed by atoms with Crippen LogP contribution in [-0.2, 0) is 11.3 Å². The molecule has 94 valence electrons. The third-order valence-corrected chi connectivity index (χ3v) is 2.86. The molecule has 0 spiro atoms. The van der Waals surface area contributed by atoms with Crippen LogP contribution in [0, 0.1) is 17.2 Å². The number of amides is 1. The Labute approximate surface area is 106 Å². The number of carbonyl (C=O) groups is 1. The third-order valence-electron chi connectivity index (χ3n) is 2.86. The summed E-state index contributed by atoms with van der Waals surface area (Å²) in [4.78, 5) is 15.3. The zero-order chi connectivity index (χ0) is 12.8. The molecule has 5 nitrogen and oxygen atoms in total. The summed E-state index contributed by atoms with van der Waals surface area (Å²) in [5, 5.41) is 14.9. The highest BCUT2D eigenvalue weighted by atomic mass is 16.2. The van der Waals surface area contributed by atoms with Crippen LogP contribution in [0.3, 0.4) is 0 Å². The highest BCUT2D eigenvalue weighted by Gasteiger charge is 2.28. The van der Waals surface area contributed by atoms with Crippen molar-refractivity contribution in [1.29, 1.82) is 5.26 Å². The molecule has 0 radical (unpaired) electrons. The Morgan fingerprint density at radius 1 is 1.50 bits per heavy atom. The SMILES string of the molecule is N#Cc1ncccc1CNCCNC(=O)C1CC1. The Morgan fingerprint density at radius 2 is 2.33 bits per heavy atom. The number of hydrogen-bond donors (Lipinski definition) is 2. The van der Waals surface area contributed by atoms with E-state index in [1.807, 2.05) is 12.1 Å². The van der Waals surface area contributed by atoms with Crippen molar-refractivity contribution in [2.24, 2.45) is 5.92 Å². The Morgan fingerprint density at radius 3 is 3.06 bits per heavy atom. The van der Waals surface area contributed by atoms with Gasteiger partial charge in [-0.15, -0.1) is 0 Å². The Balaban J connectivity index is 1.65. The minimum absolute atomic E-state index is 0.163. The molecule has 1 fully saturated rings. The molecule has 0 atom stereocenters. The van der Waals surface area contributed by atoms with Gasteiger partial charge >= 0.3 is 0 Å². The summed E-state index contributed by atoms with van der Waals surface area (Å²) in [6.07, 6.45) is 3.67. The predicted molar refractivity (Wildman–Crippen MR) is 66.4 cm³/mol. The summed E-state index contributed by atoms with van der Waals surface area (Å²) in [6, 6.07) is 5.75. The first-order valence-electron chi connectivity index (χ1n) is 6.13. The van der Waals surface area contributed by atoms with Crippen molar-refractivity contribution in [2.45, 2.75) is 19.4 Å². The van der Waals surface area contributed by atoms with Crippen molar-refractivity contribution in [3.05, 3.63) is 29.6 Å². The highest BCUT2D eigenvalue weighted by molar-refractivity contribution is 5.80. The van der Waals surface area contributed by atoms with Crippen LogP contribution >= 0.6 is 0 Å². The molecule has 1 aliphatic carbocycles. The van der Waals surface area contributed by atoms with Crippen LogP contribution in [0.1, 0.15) is 24.1 Å². The molecule has 1 aromatic heterocycles. The lowest BCUT2D eigenvalue weighted by Crippen LogP contribution is -2.32. The molecule has 2 N–H and O–H groups in total. The van der Waals surface area contributed by atoms with E-state index in [0.29, 0.717) is 25.3 Å². The lowest BCUT2D eigenvalue weighted by atomic mass is 10.2. The number of rotatable bonds is 6. The van der Waals surface area contributed by atoms with Gasteiger partial charge in [0.1, 0.15) is 11.8 Å². The zero-order valence-corrected chi connectivity index (χ0v) is 10.1. The molecule has 1 aromatic rings. The van der Waals surface area contributed by atoms with Gasteiger partial charge in [0.2, 0.25) is 5.91 Å². The predicted octanol–water partition coefficient (Wildman–Crippen LogP) is 0.569. The van der Waals surface area contributed by atoms with Crippen LogP contribution < -0.4 is 10.6 Å². The van der Waals surface area contributed by atoms with Gasteiger partial charge in [0, 0.05) is 37.3 Å². The lowest BCUT2D eigenvalue weighted by Gasteiger charge is -2.07. The van der Waals surface area contributed by atoms with Gasteiger partial charge in [-0.25, -0.2) is 4.98 Å². The quantitative estimate of drug-likeness (QED) is 0.717. The van der Waals surface area contributed by atoms with Crippen LogP contribution in [0.25, 0.3) is 0 Å². The Kier molecular flexibility index (Phi) is 4.26. The van der Waals surface area contributed by atoms with Gasteiger partial charge in [-0.1, -0.05) is 6.07 Å². The van der Waals surface area contributed by atoms with E-state index in [-0.39, 0.29) is 11.8 Å². The molecule has 0 aliphatic heterocycles. The van der Waals surface area contributed by atoms with E-state index in [4.69, 9.17) is 5.26 Å². The van der Waals surface area contributed by atoms with E-state index in [0.717, 1.165) is 18.4 Å². The van der Waals surface area contributed by atoms with E-state index in [2.05, 4.69) is 21.7 Å². The molecular weight excluding hydrogens is 228 g/mol. The van der Waals surface area contributed by atoms with E-state index in [9.17, 15) is 4.79 Å². The third kappa shape index (κ3) is 3.54. The fraction of sp³-hybridized carbons (Fsp3) is 0.462. The fourth-order valence-corrected chi connectivity index (χ4v) is 1.67. The van der Waals surface area contributed by atoms with E-state index >= 15 is 0 Å². The first kappa shape index (κ1) is 12.5. The Bertz CT molecular complexity index is 462. The second-order valence-corrected chi connectivity index (χ2v) is 4.37. The molecule has 1 saturated carbocycles. The van der Waals surface area contributed by atoms with Crippen molar-refractivity contribution in [2.75, 3.05) is 13.1 Å². The first-order valence-corrected chi connectivity index (χ1v) is 6.13. The van der Waals surface area contributed by atoms with Crippen molar-refractivity contribution < 1.29 is 4.79 Å². The smallest absolute Gasteiger partial charge is 0.223 e. The number of pyridine rings is 1. The Hall–Kier alpha value is -1.93. The summed E-state index contributed by atoms with van der Waals surface area (Å²) < 4.78 is 0. The van der Waals surface area contributed by atoms with E-state index < -0.39 is 0 Å². The number of nitriles is 1. The van der Waals surface area contributed by atoms with Gasteiger partial charge in [0.05, 0.1) is 0 Å². The lowest BCUT2D eigenvalue weighted by molar-refractivity contribution is -0.122. The van der Waals surface area contributed by atoms with Crippen LogP contribution in [0.4, 0.5) is 0 Å². The number of carbonyl (C=O) groups excluding carboxylic acids is 1. The molecule has 1 heterocycles. The van der Waals surface area contributed by atoms with Crippen molar-refractivity contribution in [3.8, 4) is 6.07 Å². The van der Waals surface area contributed by atoms with Crippen molar-refractivity contribution in [3.63, 3.8) is 0 Å². The highest BCUT2D eigenvalue weighted by Crippen LogP contribution is 2.28. The fourth-order valence-electron chi connectivity index (χ4n) is 1.67. The molecular formula is C13H16N4O. The second-order valence-electron chi connectivity index (χ2n) is 4.37. The number of hydrogen-bond acceptors (Lipinski definition) is 4. The molecule has 0 unspecified atom stereocenters. The second kappa shape index (κ2) is 6.12. The van der Waals surface area contributed by atoms with Crippen LogP contribution in [-0.4, -0.2) is 24.0 Å². The van der Waals surface area contributed by atoms with Crippen molar-refractivity contribution >= 4 is 5.91 Å². The van der Waals surface area contributed by atoms with Gasteiger partial charge in [-0.05, 0) is 18.9 Å². The monoisotopic (exact) mass is 244 g/mol. The van der Waals surface area contributed by atoms with Crippen LogP contribution in [0.2, 0.25) is 0 Å². The average molecular weight is 244 g/mol. The van der Waals surface area contributed by atoms with Gasteiger partial charge in [-0.2, -0.15) is 5.26 Å². The molecule has 18 heavy (non-hydrogen) atoms. The molecule has 1 amide bonds. The molecule has 0 bridgehead atoms. The molecule has 2 rings (SSSR count). The minimum Gasteiger partial charge on any atom is -0.355 e.